The first-order chi connectivity index (χ1) is 15.7. The van der Waals surface area contributed by atoms with E-state index < -0.39 is 16.2 Å². The Labute approximate surface area is 199 Å². The molecule has 3 rings (SSSR count). The molecule has 0 saturated heterocycles. The maximum atomic E-state index is 12.5. The fourth-order valence-electron chi connectivity index (χ4n) is 3.85. The second kappa shape index (κ2) is 11.0. The molecule has 0 heterocycles. The average Bonchev–Trinajstić information content (AvgIpc) is 2.78. The summed E-state index contributed by atoms with van der Waals surface area (Å²) < 4.78 is 30.2. The highest BCUT2D eigenvalue weighted by molar-refractivity contribution is 7.86. The van der Waals surface area contributed by atoms with Crippen molar-refractivity contribution in [2.45, 2.75) is 64.9 Å². The van der Waals surface area contributed by atoms with Crippen molar-refractivity contribution in [1.29, 1.82) is 0 Å². The summed E-state index contributed by atoms with van der Waals surface area (Å²) in [6, 6.07) is 24.4. The van der Waals surface area contributed by atoms with Crippen LogP contribution in [0.5, 0.6) is 0 Å². The van der Waals surface area contributed by atoms with E-state index in [1.54, 1.807) is 26.0 Å². The average molecular weight is 463 g/mol. The first-order valence-electron chi connectivity index (χ1n) is 11.6. The number of aryl methyl sites for hydroxylation is 2. The molecule has 0 saturated carbocycles. The predicted molar refractivity (Wildman–Crippen MR) is 138 cm³/mol. The van der Waals surface area contributed by atoms with Crippen molar-refractivity contribution in [1.82, 2.24) is 0 Å². The van der Waals surface area contributed by atoms with E-state index in [-0.39, 0.29) is 4.90 Å². The minimum atomic E-state index is -3.77. The molecule has 3 aromatic carbocycles. The second-order valence-electron chi connectivity index (χ2n) is 8.81. The van der Waals surface area contributed by atoms with E-state index >= 15 is 0 Å². The molecule has 0 radical (unpaired) electrons. The zero-order valence-electron chi connectivity index (χ0n) is 20.3. The van der Waals surface area contributed by atoms with Gasteiger partial charge in [0.1, 0.15) is 0 Å². The molecule has 0 N–H and O–H groups in total. The zero-order chi connectivity index (χ0) is 24.0. The van der Waals surface area contributed by atoms with E-state index in [2.05, 4.69) is 69.3 Å². The summed E-state index contributed by atoms with van der Waals surface area (Å²) >= 11 is 0. The highest BCUT2D eigenvalue weighted by Gasteiger charge is 2.19. The van der Waals surface area contributed by atoms with Crippen molar-refractivity contribution in [2.75, 3.05) is 0 Å². The van der Waals surface area contributed by atoms with E-state index in [9.17, 15) is 8.42 Å². The third-order valence-corrected chi connectivity index (χ3v) is 7.06. The Morgan fingerprint density at radius 3 is 1.64 bits per heavy atom. The third-order valence-electron chi connectivity index (χ3n) is 5.57. The molecule has 0 unspecified atom stereocenters. The van der Waals surface area contributed by atoms with Crippen molar-refractivity contribution in [2.24, 2.45) is 0 Å². The largest absolute Gasteiger partial charge is 0.297 e. The van der Waals surface area contributed by atoms with Crippen LogP contribution in [0.4, 0.5) is 0 Å². The zero-order valence-corrected chi connectivity index (χ0v) is 21.1. The SMILES string of the molecule is CCCCC(=C(c1ccc(C)cc1)c1ccc(C)cc1)c1ccc(S(=O)(=O)OC(C)C)cc1. The first kappa shape index (κ1) is 24.9. The van der Waals surface area contributed by atoms with Gasteiger partial charge in [-0.15, -0.1) is 0 Å². The monoisotopic (exact) mass is 462 g/mol. The van der Waals surface area contributed by atoms with Crippen molar-refractivity contribution in [3.63, 3.8) is 0 Å². The molecule has 0 atom stereocenters. The molecule has 0 aromatic heterocycles. The smallest absolute Gasteiger partial charge is 0.264 e. The van der Waals surface area contributed by atoms with Crippen molar-refractivity contribution in [3.05, 3.63) is 101 Å². The molecule has 0 aliphatic heterocycles. The number of rotatable bonds is 9. The first-order valence-corrected chi connectivity index (χ1v) is 13.0. The van der Waals surface area contributed by atoms with Crippen molar-refractivity contribution in [3.8, 4) is 0 Å². The van der Waals surface area contributed by atoms with Gasteiger partial charge < -0.3 is 0 Å². The van der Waals surface area contributed by atoms with E-state index in [0.29, 0.717) is 0 Å². The van der Waals surface area contributed by atoms with E-state index in [0.717, 1.165) is 36.0 Å². The van der Waals surface area contributed by atoms with Gasteiger partial charge in [-0.05, 0) is 80.5 Å². The maximum absolute atomic E-state index is 12.5. The summed E-state index contributed by atoms with van der Waals surface area (Å²) in [5.74, 6) is 0. The summed E-state index contributed by atoms with van der Waals surface area (Å²) in [7, 11) is -3.77. The van der Waals surface area contributed by atoms with Gasteiger partial charge in [-0.3, -0.25) is 4.18 Å². The molecule has 0 bridgehead atoms. The van der Waals surface area contributed by atoms with Crippen LogP contribution < -0.4 is 0 Å². The highest BCUT2D eigenvalue weighted by Crippen LogP contribution is 2.36. The van der Waals surface area contributed by atoms with Gasteiger partial charge >= 0.3 is 0 Å². The number of allylic oxidation sites excluding steroid dienone is 1. The van der Waals surface area contributed by atoms with Gasteiger partial charge in [0, 0.05) is 0 Å². The molecule has 0 fully saturated rings. The topological polar surface area (TPSA) is 43.4 Å². The van der Waals surface area contributed by atoms with Crippen molar-refractivity contribution < 1.29 is 12.6 Å². The third kappa shape index (κ3) is 6.43. The van der Waals surface area contributed by atoms with Crippen LogP contribution in [0.3, 0.4) is 0 Å². The Morgan fingerprint density at radius 2 is 1.21 bits per heavy atom. The van der Waals surface area contributed by atoms with E-state index in [1.807, 2.05) is 12.1 Å². The Kier molecular flexibility index (Phi) is 8.28. The summed E-state index contributed by atoms with van der Waals surface area (Å²) in [5.41, 5.74) is 8.21. The minimum Gasteiger partial charge on any atom is -0.264 e. The molecule has 0 aliphatic carbocycles. The van der Waals surface area contributed by atoms with Gasteiger partial charge in [-0.25, -0.2) is 0 Å². The van der Waals surface area contributed by atoms with Gasteiger partial charge in [-0.2, -0.15) is 8.42 Å². The molecule has 174 valence electrons. The van der Waals surface area contributed by atoms with Crippen LogP contribution in [0.1, 0.15) is 67.9 Å². The number of unbranched alkanes of at least 4 members (excludes halogenated alkanes) is 1. The van der Waals surface area contributed by atoms with E-state index in [4.69, 9.17) is 4.18 Å². The van der Waals surface area contributed by atoms with E-state index in [1.165, 1.54) is 22.3 Å². The Hall–Kier alpha value is -2.69. The second-order valence-corrected chi connectivity index (χ2v) is 10.4. The Balaban J connectivity index is 2.19. The predicted octanol–water partition coefficient (Wildman–Crippen LogP) is 7.57. The van der Waals surface area contributed by atoms with Gasteiger partial charge in [0.15, 0.2) is 0 Å². The van der Waals surface area contributed by atoms with Crippen LogP contribution in [-0.4, -0.2) is 14.5 Å². The molecule has 0 amide bonds. The summed E-state index contributed by atoms with van der Waals surface area (Å²) in [6.07, 6.45) is 2.63. The van der Waals surface area contributed by atoms with Crippen LogP contribution in [0.2, 0.25) is 0 Å². The number of hydrogen-bond donors (Lipinski definition) is 0. The van der Waals surface area contributed by atoms with Gasteiger partial charge in [0.2, 0.25) is 0 Å². The molecule has 3 nitrogen and oxygen atoms in total. The fourth-order valence-corrected chi connectivity index (χ4v) is 4.94. The lowest BCUT2D eigenvalue weighted by Gasteiger charge is -2.18. The lowest BCUT2D eigenvalue weighted by atomic mass is 9.86. The summed E-state index contributed by atoms with van der Waals surface area (Å²) in [5, 5.41) is 0. The molecule has 0 spiro atoms. The Bertz CT molecular complexity index is 1140. The van der Waals surface area contributed by atoms with Crippen LogP contribution in [0.15, 0.2) is 77.7 Å². The van der Waals surface area contributed by atoms with Gasteiger partial charge in [0.25, 0.3) is 10.1 Å². The molecule has 3 aromatic rings. The molecule has 4 heteroatoms. The van der Waals surface area contributed by atoms with Crippen LogP contribution in [0.25, 0.3) is 11.1 Å². The molecule has 0 aliphatic rings. The lowest BCUT2D eigenvalue weighted by molar-refractivity contribution is 0.249. The highest BCUT2D eigenvalue weighted by atomic mass is 32.2. The molecular weight excluding hydrogens is 428 g/mol. The number of benzene rings is 3. The van der Waals surface area contributed by atoms with Crippen LogP contribution in [0, 0.1) is 13.8 Å². The van der Waals surface area contributed by atoms with Crippen molar-refractivity contribution >= 4 is 21.3 Å². The summed E-state index contributed by atoms with van der Waals surface area (Å²) in [4.78, 5) is 0.182. The number of hydrogen-bond acceptors (Lipinski definition) is 3. The standard InChI is InChI=1S/C29H34O3S/c1-6-7-8-28(24-17-19-27(20-18-24)33(30,31)32-21(2)3)29(25-13-9-22(4)10-14-25)26-15-11-23(5)12-16-26/h9-21H,6-8H2,1-5H3. The lowest BCUT2D eigenvalue weighted by Crippen LogP contribution is -2.12. The normalized spacial score (nSPS) is 11.6. The van der Waals surface area contributed by atoms with Crippen LogP contribution in [-0.2, 0) is 14.3 Å². The maximum Gasteiger partial charge on any atom is 0.297 e. The molecular formula is C29H34O3S. The minimum absolute atomic E-state index is 0.182. The fraction of sp³-hybridized carbons (Fsp3) is 0.310. The quantitative estimate of drug-likeness (QED) is 0.243. The summed E-state index contributed by atoms with van der Waals surface area (Å²) in [6.45, 7) is 9.80. The molecule has 33 heavy (non-hydrogen) atoms. The van der Waals surface area contributed by atoms with Gasteiger partial charge in [0.05, 0.1) is 11.0 Å². The Morgan fingerprint density at radius 1 is 0.758 bits per heavy atom. The van der Waals surface area contributed by atoms with Gasteiger partial charge in [-0.1, -0.05) is 85.1 Å². The van der Waals surface area contributed by atoms with Crippen LogP contribution >= 0.6 is 0 Å².